The van der Waals surface area contributed by atoms with Crippen molar-refractivity contribution in [2.45, 2.75) is 50.4 Å². The molecule has 2 amide bonds. The topological polar surface area (TPSA) is 104 Å². The number of ether oxygens (including phenoxy) is 4. The van der Waals surface area contributed by atoms with Gasteiger partial charge < -0.3 is 24.3 Å². The van der Waals surface area contributed by atoms with E-state index in [4.69, 9.17) is 24.0 Å². The third-order valence-electron chi connectivity index (χ3n) is 7.69. The number of benzene rings is 2. The van der Waals surface area contributed by atoms with Crippen molar-refractivity contribution in [1.29, 1.82) is 0 Å². The molecule has 0 spiro atoms. The Balaban J connectivity index is 1.69. The molecule has 1 fully saturated rings. The van der Waals surface area contributed by atoms with Gasteiger partial charge >= 0.3 is 0 Å². The van der Waals surface area contributed by atoms with E-state index in [0.29, 0.717) is 36.2 Å². The van der Waals surface area contributed by atoms with Gasteiger partial charge in [0.05, 0.1) is 49.8 Å². The van der Waals surface area contributed by atoms with Crippen molar-refractivity contribution in [1.82, 2.24) is 15.1 Å². The van der Waals surface area contributed by atoms with Gasteiger partial charge in [-0.15, -0.1) is 11.8 Å². The van der Waals surface area contributed by atoms with E-state index in [-0.39, 0.29) is 35.5 Å². The van der Waals surface area contributed by atoms with E-state index in [2.05, 4.69) is 26.1 Å². The number of thioether (sulfide) groups is 1. The summed E-state index contributed by atoms with van der Waals surface area (Å²) in [5.74, 6) is 2.34. The Morgan fingerprint density at radius 1 is 1.07 bits per heavy atom. The van der Waals surface area contributed by atoms with Crippen molar-refractivity contribution in [2.24, 2.45) is 0 Å². The zero-order valence-electron chi connectivity index (χ0n) is 25.6. The number of hydrogen-bond acceptors (Lipinski definition) is 8. The van der Waals surface area contributed by atoms with Gasteiger partial charge in [-0.1, -0.05) is 20.8 Å². The molecule has 0 bridgehead atoms. The predicted octanol–water partition coefficient (Wildman–Crippen LogP) is 4.66. The summed E-state index contributed by atoms with van der Waals surface area (Å²) in [5, 5.41) is 7.81. The molecule has 1 saturated heterocycles. The summed E-state index contributed by atoms with van der Waals surface area (Å²) in [6.45, 7) is 7.28. The minimum absolute atomic E-state index is 0.00266. The highest BCUT2D eigenvalue weighted by atomic mass is 32.2. The Labute approximate surface area is 257 Å². The largest absolute Gasteiger partial charge is 0.497 e. The number of nitrogens with one attached hydrogen (secondary N) is 1. The Hall–Kier alpha value is -3.70. The fourth-order valence-corrected chi connectivity index (χ4v) is 6.71. The summed E-state index contributed by atoms with van der Waals surface area (Å²) in [4.78, 5) is 28.9. The number of nitrogens with zero attached hydrogens (tertiary/aromatic N) is 3. The molecule has 0 unspecified atom stereocenters. The van der Waals surface area contributed by atoms with Crippen LogP contribution in [0.5, 0.6) is 17.2 Å². The van der Waals surface area contributed by atoms with Crippen molar-refractivity contribution in [3.05, 3.63) is 59.3 Å². The molecule has 1 N–H and O–H groups in total. The van der Waals surface area contributed by atoms with Gasteiger partial charge in [-0.3, -0.25) is 14.5 Å². The van der Waals surface area contributed by atoms with Gasteiger partial charge in [0, 0.05) is 29.7 Å². The third kappa shape index (κ3) is 6.47. The van der Waals surface area contributed by atoms with Gasteiger partial charge in [-0.25, -0.2) is 4.68 Å². The number of methoxy groups -OCH3 is 3. The second-order valence-corrected chi connectivity index (χ2v) is 12.8. The summed E-state index contributed by atoms with van der Waals surface area (Å²) >= 11 is 1.49. The zero-order valence-corrected chi connectivity index (χ0v) is 26.5. The number of rotatable bonds is 9. The molecule has 0 saturated carbocycles. The van der Waals surface area contributed by atoms with Crippen LogP contribution < -0.4 is 24.4 Å². The van der Waals surface area contributed by atoms with Gasteiger partial charge in [0.1, 0.15) is 29.6 Å². The Bertz CT molecular complexity index is 1460. The molecule has 10 nitrogen and oxygen atoms in total. The van der Waals surface area contributed by atoms with Crippen molar-refractivity contribution in [3.63, 3.8) is 0 Å². The number of fused-ring (bicyclic) bond motifs is 1. The van der Waals surface area contributed by atoms with Crippen LogP contribution in [-0.2, 0) is 19.7 Å². The molecule has 5 rings (SSSR count). The molecule has 230 valence electrons. The highest BCUT2D eigenvalue weighted by Gasteiger charge is 2.41. The standard InChI is InChI=1S/C32H40N4O6S/c1-32(2,3)30-28-29(24-16-22(40-5)13-14-25(24)41-6)43-19-27(38)35(18-26(37)33-17-23-8-7-15-42-23)31(28)36(34-30)20-9-11-21(39-4)12-10-20/h9-14,16,23,29H,7-8,15,17-19H2,1-6H3,(H,33,37)/t23-,29-/m0/s1. The maximum Gasteiger partial charge on any atom is 0.240 e. The molecule has 1 aromatic heterocycles. The number of amides is 2. The first-order valence-corrected chi connectivity index (χ1v) is 15.5. The minimum Gasteiger partial charge on any atom is -0.497 e. The number of aromatic nitrogens is 2. The lowest BCUT2D eigenvalue weighted by Crippen LogP contribution is -2.44. The summed E-state index contributed by atoms with van der Waals surface area (Å²) in [7, 11) is 4.88. The maximum absolute atomic E-state index is 14.0. The second-order valence-electron chi connectivity index (χ2n) is 11.7. The Morgan fingerprint density at radius 3 is 2.42 bits per heavy atom. The Morgan fingerprint density at radius 2 is 1.79 bits per heavy atom. The van der Waals surface area contributed by atoms with Crippen molar-refractivity contribution < 1.29 is 28.5 Å². The van der Waals surface area contributed by atoms with Gasteiger partial charge in [-0.05, 0) is 55.3 Å². The zero-order chi connectivity index (χ0) is 30.7. The molecule has 2 aliphatic rings. The Kier molecular flexibility index (Phi) is 9.22. The molecule has 0 radical (unpaired) electrons. The van der Waals surface area contributed by atoms with Crippen molar-refractivity contribution in [3.8, 4) is 22.9 Å². The normalized spacial score (nSPS) is 18.7. The minimum atomic E-state index is -0.395. The molecular formula is C32H40N4O6S. The molecular weight excluding hydrogens is 568 g/mol. The predicted molar refractivity (Wildman–Crippen MR) is 167 cm³/mol. The lowest BCUT2D eigenvalue weighted by atomic mass is 9.87. The van der Waals surface area contributed by atoms with E-state index in [9.17, 15) is 9.59 Å². The second kappa shape index (κ2) is 12.9. The molecule has 2 atom stereocenters. The van der Waals surface area contributed by atoms with Crippen LogP contribution in [0.3, 0.4) is 0 Å². The van der Waals surface area contributed by atoms with Crippen molar-refractivity contribution in [2.75, 3.05) is 51.7 Å². The molecule has 3 aromatic rings. The summed E-state index contributed by atoms with van der Waals surface area (Å²) in [6, 6.07) is 13.2. The van der Waals surface area contributed by atoms with Crippen LogP contribution in [0, 0.1) is 0 Å². The first-order chi connectivity index (χ1) is 20.6. The number of anilines is 1. The summed E-state index contributed by atoms with van der Waals surface area (Å²) < 4.78 is 24.3. The number of carbonyl (C=O) groups excluding carboxylic acids is 2. The van der Waals surface area contributed by atoms with E-state index >= 15 is 0 Å². The van der Waals surface area contributed by atoms with E-state index in [0.717, 1.165) is 35.3 Å². The van der Waals surface area contributed by atoms with Crippen LogP contribution in [0.15, 0.2) is 42.5 Å². The SMILES string of the molecule is COc1ccc(-n2nc(C(C)(C)C)c3c2N(CC(=O)NC[C@@H]2CCCO2)C(=O)CS[C@H]3c2cc(OC)ccc2OC)cc1. The van der Waals surface area contributed by atoms with Gasteiger partial charge in [0.2, 0.25) is 11.8 Å². The smallest absolute Gasteiger partial charge is 0.240 e. The first kappa shape index (κ1) is 30.7. The lowest BCUT2D eigenvalue weighted by molar-refractivity contribution is -0.123. The van der Waals surface area contributed by atoms with Gasteiger partial charge in [0.15, 0.2) is 0 Å². The fourth-order valence-electron chi connectivity index (χ4n) is 5.50. The molecule has 2 aliphatic heterocycles. The molecule has 0 aliphatic carbocycles. The van der Waals surface area contributed by atoms with Crippen molar-refractivity contribution >= 4 is 29.4 Å². The number of carbonyl (C=O) groups is 2. The maximum atomic E-state index is 14.0. The average Bonchev–Trinajstić information content (AvgIpc) is 3.65. The van der Waals surface area contributed by atoms with Crippen LogP contribution in [-0.4, -0.2) is 74.5 Å². The lowest BCUT2D eigenvalue weighted by Gasteiger charge is -2.25. The van der Waals surface area contributed by atoms with E-state index in [1.54, 1.807) is 30.9 Å². The molecule has 3 heterocycles. The van der Waals surface area contributed by atoms with E-state index in [1.807, 2.05) is 42.5 Å². The van der Waals surface area contributed by atoms with Crippen LogP contribution in [0.1, 0.15) is 55.7 Å². The monoisotopic (exact) mass is 608 g/mol. The highest BCUT2D eigenvalue weighted by molar-refractivity contribution is 8.00. The van der Waals surface area contributed by atoms with Crippen LogP contribution in [0.4, 0.5) is 5.82 Å². The van der Waals surface area contributed by atoms with Crippen LogP contribution >= 0.6 is 11.8 Å². The highest BCUT2D eigenvalue weighted by Crippen LogP contribution is 2.51. The third-order valence-corrected chi connectivity index (χ3v) is 8.92. The summed E-state index contributed by atoms with van der Waals surface area (Å²) in [5.41, 5.74) is 2.89. The van der Waals surface area contributed by atoms with E-state index < -0.39 is 5.41 Å². The average molecular weight is 609 g/mol. The molecule has 43 heavy (non-hydrogen) atoms. The molecule has 2 aromatic carbocycles. The number of hydrogen-bond donors (Lipinski definition) is 1. The van der Waals surface area contributed by atoms with E-state index in [1.165, 1.54) is 11.8 Å². The van der Waals surface area contributed by atoms with Crippen LogP contribution in [0.25, 0.3) is 5.69 Å². The van der Waals surface area contributed by atoms with Crippen LogP contribution in [0.2, 0.25) is 0 Å². The van der Waals surface area contributed by atoms with Gasteiger partial charge in [0.25, 0.3) is 0 Å². The first-order valence-electron chi connectivity index (χ1n) is 14.4. The molecule has 11 heteroatoms. The fraction of sp³-hybridized carbons (Fsp3) is 0.469. The quantitative estimate of drug-likeness (QED) is 0.374. The summed E-state index contributed by atoms with van der Waals surface area (Å²) in [6.07, 6.45) is 1.89. The van der Waals surface area contributed by atoms with Gasteiger partial charge in [-0.2, -0.15) is 5.10 Å².